The number of hydrogen-bond donors (Lipinski definition) is 2. The van der Waals surface area contributed by atoms with Gasteiger partial charge in [-0.25, -0.2) is 0 Å². The highest BCUT2D eigenvalue weighted by Crippen LogP contribution is 2.18. The van der Waals surface area contributed by atoms with Crippen LogP contribution in [0.5, 0.6) is 11.5 Å². The quantitative estimate of drug-likeness (QED) is 0.698. The summed E-state index contributed by atoms with van der Waals surface area (Å²) in [5, 5.41) is 17.4. The van der Waals surface area contributed by atoms with Crippen LogP contribution in [0.2, 0.25) is 0 Å². The van der Waals surface area contributed by atoms with Crippen LogP contribution in [0.15, 0.2) is 48.5 Å². The monoisotopic (exact) mass is 302 g/mol. The smallest absolute Gasteiger partial charge is 0.119 e. The normalized spacial score (nSPS) is 10.5. The molecule has 0 radical (unpaired) electrons. The van der Waals surface area contributed by atoms with Crippen LogP contribution in [-0.2, 0) is 6.42 Å². The molecule has 0 spiro atoms. The molecule has 0 aromatic heterocycles. The first-order valence-electron chi connectivity index (χ1n) is 7.47. The molecule has 0 fully saturated rings. The Labute approximate surface area is 130 Å². The van der Waals surface area contributed by atoms with Crippen LogP contribution in [0.3, 0.4) is 0 Å². The van der Waals surface area contributed by atoms with E-state index in [-0.39, 0.29) is 13.2 Å². The fraction of sp³-hybridized carbons (Fsp3) is 0.333. The van der Waals surface area contributed by atoms with Crippen LogP contribution in [0.1, 0.15) is 17.5 Å². The molecule has 0 saturated heterocycles. The first-order chi connectivity index (χ1) is 10.8. The Hall–Kier alpha value is -2.04. The van der Waals surface area contributed by atoms with Crippen molar-refractivity contribution in [2.45, 2.75) is 12.8 Å². The molecular formula is C18H22O4. The van der Waals surface area contributed by atoms with E-state index in [2.05, 4.69) is 0 Å². The average molecular weight is 302 g/mol. The molecule has 118 valence electrons. The predicted molar refractivity (Wildman–Crippen MR) is 85.5 cm³/mol. The summed E-state index contributed by atoms with van der Waals surface area (Å²) in [5.74, 6) is 1.59. The number of hydrogen-bond acceptors (Lipinski definition) is 4. The maximum atomic E-state index is 8.72. The van der Waals surface area contributed by atoms with Crippen molar-refractivity contribution in [3.8, 4) is 11.5 Å². The molecule has 2 N–H and O–H groups in total. The summed E-state index contributed by atoms with van der Waals surface area (Å²) in [5.41, 5.74) is 2.41. The van der Waals surface area contributed by atoms with E-state index in [1.807, 2.05) is 48.5 Å². The zero-order valence-corrected chi connectivity index (χ0v) is 12.6. The van der Waals surface area contributed by atoms with Crippen LogP contribution in [0, 0.1) is 0 Å². The van der Waals surface area contributed by atoms with Crippen LogP contribution in [0.25, 0.3) is 0 Å². The zero-order valence-electron chi connectivity index (χ0n) is 12.6. The number of rotatable bonds is 9. The van der Waals surface area contributed by atoms with Crippen molar-refractivity contribution in [2.75, 3.05) is 26.4 Å². The Bertz CT molecular complexity index is 534. The van der Waals surface area contributed by atoms with Crippen molar-refractivity contribution >= 4 is 0 Å². The molecule has 0 heterocycles. The number of ether oxygens (including phenoxy) is 2. The number of aliphatic hydroxyl groups is 2. The standard InChI is InChI=1S/C18H22O4/c19-10-1-12-21-17-6-2-15(3-7-17)14-16-4-8-18(9-5-16)22-13-11-20/h2-9,19-20H,1,10-14H2. The molecular weight excluding hydrogens is 280 g/mol. The maximum Gasteiger partial charge on any atom is 0.119 e. The lowest BCUT2D eigenvalue weighted by atomic mass is 10.0. The van der Waals surface area contributed by atoms with Gasteiger partial charge in [-0.2, -0.15) is 0 Å². The minimum Gasteiger partial charge on any atom is -0.494 e. The number of aliphatic hydroxyl groups excluding tert-OH is 2. The molecule has 0 unspecified atom stereocenters. The van der Waals surface area contributed by atoms with Crippen molar-refractivity contribution in [2.24, 2.45) is 0 Å². The Kier molecular flexibility index (Phi) is 6.74. The van der Waals surface area contributed by atoms with Gasteiger partial charge in [0, 0.05) is 13.0 Å². The van der Waals surface area contributed by atoms with Gasteiger partial charge < -0.3 is 19.7 Å². The average Bonchev–Trinajstić information content (AvgIpc) is 2.56. The summed E-state index contributed by atoms with van der Waals surface area (Å²) in [6.45, 7) is 1.02. The Balaban J connectivity index is 1.87. The molecule has 0 amide bonds. The fourth-order valence-electron chi connectivity index (χ4n) is 2.06. The van der Waals surface area contributed by atoms with E-state index in [0.29, 0.717) is 19.6 Å². The van der Waals surface area contributed by atoms with Gasteiger partial charge in [0.2, 0.25) is 0 Å². The Morgan fingerprint density at radius 2 is 1.14 bits per heavy atom. The van der Waals surface area contributed by atoms with E-state index in [4.69, 9.17) is 19.7 Å². The molecule has 2 aromatic rings. The second-order valence-electron chi connectivity index (χ2n) is 4.96. The van der Waals surface area contributed by atoms with Crippen molar-refractivity contribution in [1.82, 2.24) is 0 Å². The molecule has 0 aliphatic rings. The zero-order chi connectivity index (χ0) is 15.6. The Morgan fingerprint density at radius 3 is 1.59 bits per heavy atom. The Morgan fingerprint density at radius 1 is 0.636 bits per heavy atom. The third-order valence-corrected chi connectivity index (χ3v) is 3.19. The summed E-state index contributed by atoms with van der Waals surface area (Å²) in [4.78, 5) is 0. The van der Waals surface area contributed by atoms with Crippen LogP contribution in [-0.4, -0.2) is 36.6 Å². The van der Waals surface area contributed by atoms with Crippen molar-refractivity contribution < 1.29 is 19.7 Å². The summed E-state index contributed by atoms with van der Waals surface area (Å²) in [6, 6.07) is 15.9. The first-order valence-corrected chi connectivity index (χ1v) is 7.47. The molecule has 4 heteroatoms. The van der Waals surface area contributed by atoms with Crippen molar-refractivity contribution in [3.05, 3.63) is 59.7 Å². The van der Waals surface area contributed by atoms with Crippen LogP contribution in [0.4, 0.5) is 0 Å². The molecule has 0 saturated carbocycles. The second-order valence-corrected chi connectivity index (χ2v) is 4.96. The minimum atomic E-state index is 0.0223. The van der Waals surface area contributed by atoms with Gasteiger partial charge in [0.25, 0.3) is 0 Å². The second kappa shape index (κ2) is 9.07. The van der Waals surface area contributed by atoms with E-state index >= 15 is 0 Å². The third-order valence-electron chi connectivity index (χ3n) is 3.19. The molecule has 4 nitrogen and oxygen atoms in total. The molecule has 2 aromatic carbocycles. The van der Waals surface area contributed by atoms with Crippen molar-refractivity contribution in [1.29, 1.82) is 0 Å². The summed E-state index contributed by atoms with van der Waals surface area (Å²) >= 11 is 0. The third kappa shape index (κ3) is 5.39. The van der Waals surface area contributed by atoms with Crippen molar-refractivity contribution in [3.63, 3.8) is 0 Å². The lowest BCUT2D eigenvalue weighted by molar-refractivity contribution is 0.201. The largest absolute Gasteiger partial charge is 0.494 e. The molecule has 0 bridgehead atoms. The van der Waals surface area contributed by atoms with E-state index in [9.17, 15) is 0 Å². The van der Waals surface area contributed by atoms with Gasteiger partial charge in [-0.1, -0.05) is 24.3 Å². The van der Waals surface area contributed by atoms with E-state index in [0.717, 1.165) is 17.9 Å². The summed E-state index contributed by atoms with van der Waals surface area (Å²) in [7, 11) is 0. The van der Waals surface area contributed by atoms with E-state index in [1.165, 1.54) is 11.1 Å². The molecule has 0 atom stereocenters. The van der Waals surface area contributed by atoms with Gasteiger partial charge in [-0.3, -0.25) is 0 Å². The van der Waals surface area contributed by atoms with Crippen LogP contribution < -0.4 is 9.47 Å². The number of benzene rings is 2. The highest BCUT2D eigenvalue weighted by Gasteiger charge is 1.99. The fourth-order valence-corrected chi connectivity index (χ4v) is 2.06. The topological polar surface area (TPSA) is 58.9 Å². The van der Waals surface area contributed by atoms with E-state index < -0.39 is 0 Å². The maximum absolute atomic E-state index is 8.72. The van der Waals surface area contributed by atoms with Gasteiger partial charge >= 0.3 is 0 Å². The summed E-state index contributed by atoms with van der Waals surface area (Å²) in [6.07, 6.45) is 1.49. The molecule has 22 heavy (non-hydrogen) atoms. The predicted octanol–water partition coefficient (Wildman–Crippen LogP) is 2.41. The van der Waals surface area contributed by atoms with Gasteiger partial charge in [0.15, 0.2) is 0 Å². The highest BCUT2D eigenvalue weighted by molar-refractivity contribution is 5.34. The van der Waals surface area contributed by atoms with Gasteiger partial charge in [0.05, 0.1) is 13.2 Å². The highest BCUT2D eigenvalue weighted by atomic mass is 16.5. The lowest BCUT2D eigenvalue weighted by Gasteiger charge is -2.08. The SMILES string of the molecule is OCCCOc1ccc(Cc2ccc(OCCO)cc2)cc1. The molecule has 0 aliphatic heterocycles. The molecule has 2 rings (SSSR count). The van der Waals surface area contributed by atoms with Gasteiger partial charge in [0.1, 0.15) is 18.1 Å². The van der Waals surface area contributed by atoms with Gasteiger partial charge in [-0.15, -0.1) is 0 Å². The van der Waals surface area contributed by atoms with Gasteiger partial charge in [-0.05, 0) is 41.8 Å². The minimum absolute atomic E-state index is 0.0223. The summed E-state index contributed by atoms with van der Waals surface area (Å²) < 4.78 is 10.8. The molecule has 0 aliphatic carbocycles. The van der Waals surface area contributed by atoms with Crippen LogP contribution >= 0.6 is 0 Å². The lowest BCUT2D eigenvalue weighted by Crippen LogP contribution is -2.01. The van der Waals surface area contributed by atoms with E-state index in [1.54, 1.807) is 0 Å². The first kappa shape index (κ1) is 16.3.